The molecule has 3 N–H and O–H groups in total. The molecule has 2 heterocycles. The Morgan fingerprint density at radius 3 is 2.38 bits per heavy atom. The minimum absolute atomic E-state index is 0.0968. The van der Waals surface area contributed by atoms with Gasteiger partial charge in [0.05, 0.1) is 12.3 Å². The Bertz CT molecular complexity index is 1130. The van der Waals surface area contributed by atoms with Crippen molar-refractivity contribution >= 4 is 24.0 Å². The second-order valence-corrected chi connectivity index (χ2v) is 10.1. The van der Waals surface area contributed by atoms with Crippen molar-refractivity contribution in [2.45, 2.75) is 45.6 Å². The van der Waals surface area contributed by atoms with Crippen LogP contribution in [0, 0.1) is 0 Å². The van der Waals surface area contributed by atoms with E-state index in [9.17, 15) is 24.6 Å². The minimum atomic E-state index is -0.728. The van der Waals surface area contributed by atoms with Gasteiger partial charge in [-0.15, -0.1) is 0 Å². The minimum Gasteiger partial charge on any atom is -0.508 e. The number of ether oxygens (including phenoxy) is 2. The Labute approximate surface area is 228 Å². The number of aromatic hydroxyl groups is 2. The van der Waals surface area contributed by atoms with Gasteiger partial charge >= 0.3 is 12.1 Å². The van der Waals surface area contributed by atoms with Crippen LogP contribution < -0.4 is 5.48 Å². The predicted molar refractivity (Wildman–Crippen MR) is 144 cm³/mol. The molecule has 1 fully saturated rings. The number of hydroxylamine groups is 1. The number of fused-ring (bicyclic) bond motifs is 1. The molecule has 2 aliphatic heterocycles. The summed E-state index contributed by atoms with van der Waals surface area (Å²) in [4.78, 5) is 46.3. The third-order valence-corrected chi connectivity index (χ3v) is 5.80. The fourth-order valence-corrected chi connectivity index (χ4v) is 3.92. The highest BCUT2D eigenvalue weighted by Crippen LogP contribution is 2.30. The van der Waals surface area contributed by atoms with Crippen molar-refractivity contribution in [2.75, 3.05) is 39.4 Å². The van der Waals surface area contributed by atoms with Gasteiger partial charge in [-0.25, -0.2) is 9.59 Å². The van der Waals surface area contributed by atoms with Crippen LogP contribution in [0.2, 0.25) is 0 Å². The number of phenols is 2. The molecular weight excluding hydrogens is 506 g/mol. The first kappa shape index (κ1) is 29.6. The number of amides is 2. The largest absolute Gasteiger partial charge is 0.508 e. The summed E-state index contributed by atoms with van der Waals surface area (Å²) in [5.41, 5.74) is 2.64. The fraction of sp³-hybridized carbons (Fsp3) is 0.464. The zero-order valence-corrected chi connectivity index (χ0v) is 22.6. The summed E-state index contributed by atoms with van der Waals surface area (Å²) >= 11 is 0. The smallest absolute Gasteiger partial charge is 0.410 e. The van der Waals surface area contributed by atoms with E-state index in [1.807, 2.05) is 18.2 Å². The van der Waals surface area contributed by atoms with Gasteiger partial charge in [-0.3, -0.25) is 15.1 Å². The van der Waals surface area contributed by atoms with E-state index in [1.165, 1.54) is 12.1 Å². The number of esters is 1. The summed E-state index contributed by atoms with van der Waals surface area (Å²) in [5, 5.41) is 20.4. The molecule has 0 aromatic heterocycles. The van der Waals surface area contributed by atoms with Crippen molar-refractivity contribution in [3.8, 4) is 11.5 Å². The van der Waals surface area contributed by atoms with Crippen LogP contribution >= 0.6 is 0 Å². The Balaban J connectivity index is 1.65. The Kier molecular flexibility index (Phi) is 10.4. The molecule has 3 rings (SSSR count). The maximum atomic E-state index is 12.7. The topological polar surface area (TPSA) is 138 Å². The van der Waals surface area contributed by atoms with Crippen molar-refractivity contribution < 1.29 is 38.9 Å². The van der Waals surface area contributed by atoms with Crippen molar-refractivity contribution in [1.82, 2.24) is 15.3 Å². The molecule has 0 aliphatic carbocycles. The van der Waals surface area contributed by atoms with Crippen molar-refractivity contribution in [1.29, 1.82) is 0 Å². The van der Waals surface area contributed by atoms with E-state index in [1.54, 1.807) is 36.6 Å². The van der Waals surface area contributed by atoms with Crippen LogP contribution in [0.3, 0.4) is 0 Å². The molecule has 2 aliphatic rings. The number of nitrogens with one attached hydrogen (secondary N) is 1. The summed E-state index contributed by atoms with van der Waals surface area (Å²) in [7, 11) is 0. The first-order chi connectivity index (χ1) is 18.5. The highest BCUT2D eigenvalue weighted by Gasteiger charge is 2.27. The Hall–Kier alpha value is -3.99. The monoisotopic (exact) mass is 543 g/mol. The number of phenolic OH excluding ortho intramolecular Hbond substituents is 2. The van der Waals surface area contributed by atoms with Gasteiger partial charge in [0.1, 0.15) is 22.7 Å². The maximum Gasteiger partial charge on any atom is 0.410 e. The van der Waals surface area contributed by atoms with Crippen molar-refractivity contribution in [3.63, 3.8) is 0 Å². The zero-order valence-electron chi connectivity index (χ0n) is 22.6. The molecule has 1 saturated heterocycles. The van der Waals surface area contributed by atoms with E-state index in [-0.39, 0.29) is 36.0 Å². The Morgan fingerprint density at radius 2 is 1.67 bits per heavy atom. The van der Waals surface area contributed by atoms with Crippen LogP contribution in [-0.4, -0.2) is 83.0 Å². The van der Waals surface area contributed by atoms with E-state index < -0.39 is 23.4 Å². The van der Waals surface area contributed by atoms with Crippen molar-refractivity contribution in [3.05, 3.63) is 53.3 Å². The second kappa shape index (κ2) is 13.7. The van der Waals surface area contributed by atoms with Gasteiger partial charge in [-0.2, -0.15) is 0 Å². The highest BCUT2D eigenvalue weighted by atomic mass is 16.6. The summed E-state index contributed by atoms with van der Waals surface area (Å²) < 4.78 is 10.7. The quantitative estimate of drug-likeness (QED) is 0.296. The molecule has 11 nitrogen and oxygen atoms in total. The lowest BCUT2D eigenvalue weighted by molar-refractivity contribution is -0.139. The van der Waals surface area contributed by atoms with Gasteiger partial charge in [0, 0.05) is 32.2 Å². The number of piperazine rings is 1. The van der Waals surface area contributed by atoms with E-state index in [2.05, 4.69) is 5.48 Å². The number of hydrogen-bond donors (Lipinski definition) is 3. The van der Waals surface area contributed by atoms with Crippen LogP contribution in [0.25, 0.3) is 6.08 Å². The lowest BCUT2D eigenvalue weighted by atomic mass is 10.0. The molecule has 1 aromatic carbocycles. The van der Waals surface area contributed by atoms with Gasteiger partial charge in [-0.1, -0.05) is 18.2 Å². The summed E-state index contributed by atoms with van der Waals surface area (Å²) in [6.07, 6.45) is 10.7. The lowest BCUT2D eigenvalue weighted by Gasteiger charge is -2.35. The van der Waals surface area contributed by atoms with E-state index >= 15 is 0 Å². The van der Waals surface area contributed by atoms with Crippen LogP contribution in [0.4, 0.5) is 4.79 Å². The van der Waals surface area contributed by atoms with Crippen molar-refractivity contribution in [2.24, 2.45) is 0 Å². The number of nitrogens with zero attached hydrogens (tertiary/aromatic N) is 2. The molecular formula is C28H37N3O8. The van der Waals surface area contributed by atoms with E-state index in [4.69, 9.17) is 14.3 Å². The number of allylic oxidation sites excluding steroid dienone is 3. The standard InChI is InChI=1S/C28H37N3O8/c1-28(2,3)39-27(36)31-13-11-30(12-14-31)24(34)19-38-29-21-10-8-6-4-5-7-9-15-37-26(35)25-20(16-21)17-22(32)18-23(25)33/h5,7-8,10,16-18,29,32-33H,4,6,9,11-15,19H2,1-3H3/b7-5?,10-8?,21-16-. The molecule has 39 heavy (non-hydrogen) atoms. The number of cyclic esters (lactones) is 1. The van der Waals surface area contributed by atoms with Gasteiger partial charge in [-0.05, 0) is 63.8 Å². The number of carbonyl (C=O) groups excluding carboxylic acids is 3. The SMILES string of the molecule is CC(C)(C)OC(=O)N1CCN(C(=O)CON/C2=C\c3cc(O)cc(O)c3C(=O)OCCC=CCCC=C2)CC1. The average molecular weight is 544 g/mol. The number of rotatable bonds is 4. The Morgan fingerprint density at radius 1 is 1.00 bits per heavy atom. The molecule has 2 amide bonds. The number of hydrogen-bond acceptors (Lipinski definition) is 9. The third kappa shape index (κ3) is 9.36. The molecule has 0 atom stereocenters. The number of benzene rings is 1. The summed E-state index contributed by atoms with van der Waals surface area (Å²) in [6.45, 7) is 6.70. The van der Waals surface area contributed by atoms with E-state index in [0.717, 1.165) is 18.9 Å². The molecule has 11 heteroatoms. The number of carbonyl (C=O) groups is 3. The average Bonchev–Trinajstić information content (AvgIpc) is 2.85. The molecule has 1 aromatic rings. The van der Waals surface area contributed by atoms with Crippen LogP contribution in [-0.2, 0) is 19.1 Å². The first-order valence-corrected chi connectivity index (χ1v) is 12.9. The summed E-state index contributed by atoms with van der Waals surface area (Å²) in [6, 6.07) is 2.39. The second-order valence-electron chi connectivity index (χ2n) is 10.1. The van der Waals surface area contributed by atoms with E-state index in [0.29, 0.717) is 38.3 Å². The molecule has 0 unspecified atom stereocenters. The first-order valence-electron chi connectivity index (χ1n) is 12.9. The van der Waals surface area contributed by atoms with Gasteiger partial charge in [0.15, 0.2) is 6.61 Å². The molecule has 0 spiro atoms. The summed E-state index contributed by atoms with van der Waals surface area (Å²) in [5.74, 6) is -1.64. The molecule has 0 radical (unpaired) electrons. The molecule has 0 saturated carbocycles. The lowest BCUT2D eigenvalue weighted by Crippen LogP contribution is -2.52. The highest BCUT2D eigenvalue weighted by molar-refractivity contribution is 5.97. The van der Waals surface area contributed by atoms with Gasteiger partial charge < -0.3 is 29.5 Å². The predicted octanol–water partition coefficient (Wildman–Crippen LogP) is 3.49. The third-order valence-electron chi connectivity index (χ3n) is 5.80. The zero-order chi connectivity index (χ0) is 28.4. The van der Waals surface area contributed by atoms with Crippen LogP contribution in [0.5, 0.6) is 11.5 Å². The van der Waals surface area contributed by atoms with Gasteiger partial charge in [0.2, 0.25) is 0 Å². The molecule has 212 valence electrons. The molecule has 0 bridgehead atoms. The van der Waals surface area contributed by atoms with Crippen LogP contribution in [0.1, 0.15) is 56.0 Å². The maximum absolute atomic E-state index is 12.7. The van der Waals surface area contributed by atoms with Gasteiger partial charge in [0.25, 0.3) is 5.91 Å². The van der Waals surface area contributed by atoms with Crippen LogP contribution in [0.15, 0.2) is 42.1 Å². The normalized spacial score (nSPS) is 18.3. The fourth-order valence-electron chi connectivity index (χ4n) is 3.92.